The molecule has 0 saturated carbocycles. The molecule has 0 aromatic carbocycles. The second kappa shape index (κ2) is 7.79. The Kier molecular flexibility index (Phi) is 9.32. The van der Waals surface area contributed by atoms with Gasteiger partial charge in [-0.3, -0.25) is 9.59 Å². The fourth-order valence-corrected chi connectivity index (χ4v) is 1.54. The summed E-state index contributed by atoms with van der Waals surface area (Å²) < 4.78 is 0. The Morgan fingerprint density at radius 3 is 1.87 bits per heavy atom. The fourth-order valence-electron chi connectivity index (χ4n) is 1.54. The summed E-state index contributed by atoms with van der Waals surface area (Å²) in [7, 11) is 0. The molecule has 0 fully saturated rings. The summed E-state index contributed by atoms with van der Waals surface area (Å²) in [6, 6.07) is 0. The van der Waals surface area contributed by atoms with Crippen LogP contribution in [0.15, 0.2) is 0 Å². The van der Waals surface area contributed by atoms with Gasteiger partial charge >= 0.3 is 63.3 Å². The van der Waals surface area contributed by atoms with Gasteiger partial charge in [-0.25, -0.2) is 0 Å². The normalized spacial score (nSPS) is 10.9. The van der Waals surface area contributed by atoms with E-state index in [1.165, 1.54) is 0 Å². The smallest absolute Gasteiger partial charge is 1.00 e. The molecule has 0 aliphatic rings. The van der Waals surface area contributed by atoms with Gasteiger partial charge in [-0.05, 0) is 12.3 Å². The van der Waals surface area contributed by atoms with Crippen molar-refractivity contribution in [3.05, 3.63) is 0 Å². The molecule has 84 valence electrons. The van der Waals surface area contributed by atoms with E-state index in [4.69, 9.17) is 10.2 Å². The first kappa shape index (κ1) is 18.0. The molecule has 0 rings (SSSR count). The van der Waals surface area contributed by atoms with E-state index in [0.29, 0.717) is 6.42 Å². The standard InChI is InChI=1S/C10H18O4.K.H/c1-4-5-6-10(7(2)3,8(11)12)9(13)14;;/h7H,4-6H2,1-3H3,(H,11,12)(H,13,14);;/q;+1;-1. The van der Waals surface area contributed by atoms with Crippen LogP contribution < -0.4 is 51.4 Å². The molecule has 0 saturated heterocycles. The number of carboxylic acids is 2. The zero-order valence-corrected chi connectivity index (χ0v) is 13.0. The summed E-state index contributed by atoms with van der Waals surface area (Å²) in [5.41, 5.74) is -1.62. The summed E-state index contributed by atoms with van der Waals surface area (Å²) in [6.07, 6.45) is 1.62. The minimum atomic E-state index is -1.62. The fraction of sp³-hybridized carbons (Fsp3) is 0.800. The van der Waals surface area contributed by atoms with Crippen LogP contribution in [0.3, 0.4) is 0 Å². The second-order valence-corrected chi connectivity index (χ2v) is 3.84. The number of carbonyl (C=O) groups is 2. The monoisotopic (exact) mass is 242 g/mol. The topological polar surface area (TPSA) is 74.6 Å². The summed E-state index contributed by atoms with van der Waals surface area (Å²) in [5, 5.41) is 18.0. The molecule has 0 atom stereocenters. The molecule has 0 unspecified atom stereocenters. The van der Waals surface area contributed by atoms with E-state index in [1.807, 2.05) is 6.92 Å². The number of unbranched alkanes of at least 4 members (excludes halogenated alkanes) is 1. The van der Waals surface area contributed by atoms with Crippen molar-refractivity contribution >= 4 is 11.9 Å². The quantitative estimate of drug-likeness (QED) is 0.468. The predicted octanol–water partition coefficient (Wildman–Crippen LogP) is -0.895. The number of hydrogen-bond acceptors (Lipinski definition) is 2. The second-order valence-electron chi connectivity index (χ2n) is 3.84. The van der Waals surface area contributed by atoms with Gasteiger partial charge in [0.2, 0.25) is 0 Å². The molecule has 0 aromatic heterocycles. The predicted molar refractivity (Wildman–Crippen MR) is 53.2 cm³/mol. The van der Waals surface area contributed by atoms with Crippen LogP contribution in [0.1, 0.15) is 41.5 Å². The van der Waals surface area contributed by atoms with E-state index in [-0.39, 0.29) is 59.2 Å². The molecule has 4 nitrogen and oxygen atoms in total. The molecular formula is C10H19KO4. The van der Waals surface area contributed by atoms with E-state index in [1.54, 1.807) is 13.8 Å². The molecule has 15 heavy (non-hydrogen) atoms. The largest absolute Gasteiger partial charge is 1.00 e. The first-order chi connectivity index (χ1) is 6.39. The van der Waals surface area contributed by atoms with Gasteiger partial charge in [0.25, 0.3) is 0 Å². The third-order valence-corrected chi connectivity index (χ3v) is 2.67. The van der Waals surface area contributed by atoms with Crippen LogP contribution in [0, 0.1) is 11.3 Å². The van der Waals surface area contributed by atoms with Crippen LogP contribution in [0.5, 0.6) is 0 Å². The molecule has 0 amide bonds. The van der Waals surface area contributed by atoms with Crippen LogP contribution in [-0.2, 0) is 9.59 Å². The summed E-state index contributed by atoms with van der Waals surface area (Å²) in [5.74, 6) is -2.86. The molecule has 0 bridgehead atoms. The molecule has 0 spiro atoms. The van der Waals surface area contributed by atoms with Crippen LogP contribution in [0.4, 0.5) is 0 Å². The van der Waals surface area contributed by atoms with Crippen molar-refractivity contribution in [1.29, 1.82) is 0 Å². The van der Waals surface area contributed by atoms with E-state index in [9.17, 15) is 9.59 Å². The van der Waals surface area contributed by atoms with Gasteiger partial charge in [0.1, 0.15) is 0 Å². The molecule has 5 heteroatoms. The number of carboxylic acid groups (broad SMARTS) is 2. The van der Waals surface area contributed by atoms with Crippen molar-refractivity contribution in [2.75, 3.05) is 0 Å². The van der Waals surface area contributed by atoms with Crippen molar-refractivity contribution in [2.24, 2.45) is 11.3 Å². The van der Waals surface area contributed by atoms with Crippen molar-refractivity contribution in [3.8, 4) is 0 Å². The van der Waals surface area contributed by atoms with Crippen molar-refractivity contribution in [3.63, 3.8) is 0 Å². The first-order valence-corrected chi connectivity index (χ1v) is 4.86. The zero-order valence-electron chi connectivity index (χ0n) is 10.9. The maximum absolute atomic E-state index is 11.0. The molecule has 0 heterocycles. The number of hydrogen-bond donors (Lipinski definition) is 2. The Morgan fingerprint density at radius 2 is 1.67 bits per heavy atom. The van der Waals surface area contributed by atoms with Gasteiger partial charge in [-0.15, -0.1) is 0 Å². The van der Waals surface area contributed by atoms with E-state index in [0.717, 1.165) is 6.42 Å². The SMILES string of the molecule is CCCCC(C(=O)O)(C(=O)O)C(C)C.[H-].[K+]. The molecule has 0 aliphatic heterocycles. The molecule has 0 aromatic rings. The Balaban J connectivity index is -0.000000845. The first-order valence-electron chi connectivity index (χ1n) is 4.86. The Hall–Kier alpha value is 0.576. The molecule has 0 aliphatic carbocycles. The van der Waals surface area contributed by atoms with Crippen LogP contribution in [-0.4, -0.2) is 22.2 Å². The summed E-state index contributed by atoms with van der Waals surface area (Å²) >= 11 is 0. The van der Waals surface area contributed by atoms with Crippen molar-refractivity contribution < 1.29 is 72.6 Å². The number of rotatable bonds is 6. The molecular weight excluding hydrogens is 223 g/mol. The van der Waals surface area contributed by atoms with Gasteiger partial charge in [-0.2, -0.15) is 0 Å². The third-order valence-electron chi connectivity index (χ3n) is 2.67. The Morgan fingerprint density at radius 1 is 1.27 bits per heavy atom. The van der Waals surface area contributed by atoms with E-state index >= 15 is 0 Å². The summed E-state index contributed by atoms with van der Waals surface area (Å²) in [4.78, 5) is 22.1. The van der Waals surface area contributed by atoms with E-state index in [2.05, 4.69) is 0 Å². The maximum Gasteiger partial charge on any atom is 1.00 e. The van der Waals surface area contributed by atoms with Crippen LogP contribution >= 0.6 is 0 Å². The van der Waals surface area contributed by atoms with Gasteiger partial charge in [0.15, 0.2) is 5.41 Å². The van der Waals surface area contributed by atoms with Gasteiger partial charge < -0.3 is 11.6 Å². The average Bonchev–Trinajstić information content (AvgIpc) is 2.03. The van der Waals surface area contributed by atoms with Crippen molar-refractivity contribution in [2.45, 2.75) is 40.0 Å². The van der Waals surface area contributed by atoms with Gasteiger partial charge in [0, 0.05) is 0 Å². The van der Waals surface area contributed by atoms with Gasteiger partial charge in [0.05, 0.1) is 0 Å². The molecule has 0 radical (unpaired) electrons. The Labute approximate surface area is 134 Å². The zero-order chi connectivity index (χ0) is 11.4. The minimum absolute atomic E-state index is 0. The maximum atomic E-state index is 11.0. The molecule has 2 N–H and O–H groups in total. The summed E-state index contributed by atoms with van der Waals surface area (Å²) in [6.45, 7) is 5.19. The van der Waals surface area contributed by atoms with Crippen LogP contribution in [0.2, 0.25) is 0 Å². The minimum Gasteiger partial charge on any atom is -1.00 e. The average molecular weight is 242 g/mol. The number of aliphatic carboxylic acids is 2. The van der Waals surface area contributed by atoms with E-state index < -0.39 is 23.3 Å². The van der Waals surface area contributed by atoms with Gasteiger partial charge in [-0.1, -0.05) is 33.6 Å². The van der Waals surface area contributed by atoms with Crippen molar-refractivity contribution in [1.82, 2.24) is 0 Å². The Bertz CT molecular complexity index is 217. The van der Waals surface area contributed by atoms with Crippen LogP contribution in [0.25, 0.3) is 0 Å². The third kappa shape index (κ3) is 4.15.